The Hall–Kier alpha value is -1.56. The Bertz CT molecular complexity index is 489. The summed E-state index contributed by atoms with van der Waals surface area (Å²) in [6.07, 6.45) is 0. The largest absolute Gasteiger partial charge is 0.333 e. The fourth-order valence-corrected chi connectivity index (χ4v) is 2.08. The number of amides is 2. The molecule has 0 aliphatic rings. The highest BCUT2D eigenvalue weighted by Crippen LogP contribution is 2.07. The molecule has 17 heavy (non-hydrogen) atoms. The number of hydrogen-bond donors (Lipinski definition) is 2. The molecule has 94 valence electrons. The van der Waals surface area contributed by atoms with E-state index >= 15 is 0 Å². The van der Waals surface area contributed by atoms with Crippen LogP contribution in [0.3, 0.4) is 0 Å². The first-order chi connectivity index (χ1) is 7.71. The fraction of sp³-hybridized carbons (Fsp3) is 0.364. The van der Waals surface area contributed by atoms with Gasteiger partial charge in [0.15, 0.2) is 0 Å². The van der Waals surface area contributed by atoms with Gasteiger partial charge in [-0.2, -0.15) is 0 Å². The Morgan fingerprint density at radius 1 is 1.12 bits per heavy atom. The number of rotatable bonds is 2. The Balaban J connectivity index is 2.79. The lowest BCUT2D eigenvalue weighted by molar-refractivity contribution is 0.237. The third kappa shape index (κ3) is 4.44. The summed E-state index contributed by atoms with van der Waals surface area (Å²) in [4.78, 5) is 11.5. The SMILES string of the molecule is CC(C)(C)NC(=O)NS(=O)(=O)c1ccccc1. The van der Waals surface area contributed by atoms with Crippen LogP contribution in [-0.4, -0.2) is 20.0 Å². The van der Waals surface area contributed by atoms with Gasteiger partial charge in [0.05, 0.1) is 4.90 Å². The van der Waals surface area contributed by atoms with Crippen LogP contribution in [0.4, 0.5) is 4.79 Å². The number of benzene rings is 1. The van der Waals surface area contributed by atoms with Gasteiger partial charge in [0, 0.05) is 5.54 Å². The minimum atomic E-state index is -3.79. The number of sulfonamides is 1. The lowest BCUT2D eigenvalue weighted by atomic mass is 10.1. The van der Waals surface area contributed by atoms with Crippen molar-refractivity contribution in [3.05, 3.63) is 30.3 Å². The molecule has 0 heterocycles. The molecule has 6 heteroatoms. The van der Waals surface area contributed by atoms with Crippen molar-refractivity contribution in [3.63, 3.8) is 0 Å². The van der Waals surface area contributed by atoms with Gasteiger partial charge < -0.3 is 5.32 Å². The van der Waals surface area contributed by atoms with Gasteiger partial charge in [-0.25, -0.2) is 17.9 Å². The van der Waals surface area contributed by atoms with Crippen molar-refractivity contribution in [2.24, 2.45) is 0 Å². The van der Waals surface area contributed by atoms with Crippen molar-refractivity contribution < 1.29 is 13.2 Å². The minimum absolute atomic E-state index is 0.0593. The highest BCUT2D eigenvalue weighted by Gasteiger charge is 2.20. The molecule has 0 bridgehead atoms. The second-order valence-electron chi connectivity index (χ2n) is 4.62. The van der Waals surface area contributed by atoms with Crippen molar-refractivity contribution in [2.75, 3.05) is 0 Å². The Labute approximate surface area is 101 Å². The van der Waals surface area contributed by atoms with Crippen LogP contribution in [0.5, 0.6) is 0 Å². The molecule has 0 aliphatic carbocycles. The summed E-state index contributed by atoms with van der Waals surface area (Å²) in [7, 11) is -3.79. The smallest absolute Gasteiger partial charge is 0.329 e. The fourth-order valence-electron chi connectivity index (χ4n) is 1.15. The van der Waals surface area contributed by atoms with Gasteiger partial charge in [-0.3, -0.25) is 0 Å². The average molecular weight is 256 g/mol. The highest BCUT2D eigenvalue weighted by molar-refractivity contribution is 7.90. The lowest BCUT2D eigenvalue weighted by Crippen LogP contribution is -2.48. The summed E-state index contributed by atoms with van der Waals surface area (Å²) in [5.41, 5.74) is -0.490. The summed E-state index contributed by atoms with van der Waals surface area (Å²) in [5.74, 6) is 0. The maximum atomic E-state index is 11.8. The highest BCUT2D eigenvalue weighted by atomic mass is 32.2. The Kier molecular flexibility index (Phi) is 3.77. The monoisotopic (exact) mass is 256 g/mol. The van der Waals surface area contributed by atoms with Crippen LogP contribution in [0, 0.1) is 0 Å². The van der Waals surface area contributed by atoms with E-state index in [1.54, 1.807) is 39.0 Å². The first kappa shape index (κ1) is 13.5. The van der Waals surface area contributed by atoms with E-state index < -0.39 is 21.6 Å². The van der Waals surface area contributed by atoms with Gasteiger partial charge in [-0.1, -0.05) is 18.2 Å². The number of nitrogens with one attached hydrogen (secondary N) is 2. The lowest BCUT2D eigenvalue weighted by Gasteiger charge is -2.20. The molecule has 0 saturated carbocycles. The predicted octanol–water partition coefficient (Wildman–Crippen LogP) is 1.47. The molecule has 0 aliphatic heterocycles. The standard InChI is InChI=1S/C11H16N2O3S/c1-11(2,3)12-10(14)13-17(15,16)9-7-5-4-6-8-9/h4-8H,1-3H3,(H2,12,13,14). The van der Waals surface area contributed by atoms with E-state index in [0.29, 0.717) is 0 Å². The van der Waals surface area contributed by atoms with Gasteiger partial charge in [-0.15, -0.1) is 0 Å². The van der Waals surface area contributed by atoms with Crippen molar-refractivity contribution in [2.45, 2.75) is 31.2 Å². The molecule has 0 unspecified atom stereocenters. The van der Waals surface area contributed by atoms with E-state index in [1.807, 2.05) is 4.72 Å². The molecule has 5 nitrogen and oxygen atoms in total. The van der Waals surface area contributed by atoms with Crippen LogP contribution >= 0.6 is 0 Å². The van der Waals surface area contributed by atoms with Crippen LogP contribution in [0.2, 0.25) is 0 Å². The zero-order valence-electron chi connectivity index (χ0n) is 10.0. The van der Waals surface area contributed by atoms with Crippen LogP contribution in [0.25, 0.3) is 0 Å². The topological polar surface area (TPSA) is 75.3 Å². The summed E-state index contributed by atoms with van der Waals surface area (Å²) in [6.45, 7) is 5.30. The summed E-state index contributed by atoms with van der Waals surface area (Å²) < 4.78 is 25.5. The van der Waals surface area contributed by atoms with Crippen LogP contribution < -0.4 is 10.0 Å². The van der Waals surface area contributed by atoms with Crippen LogP contribution in [0.1, 0.15) is 20.8 Å². The molecule has 2 N–H and O–H groups in total. The number of carbonyl (C=O) groups excluding carboxylic acids is 1. The van der Waals surface area contributed by atoms with E-state index in [0.717, 1.165) is 0 Å². The van der Waals surface area contributed by atoms with Crippen LogP contribution in [-0.2, 0) is 10.0 Å². The summed E-state index contributed by atoms with van der Waals surface area (Å²) in [6, 6.07) is 7.00. The molecule has 2 amide bonds. The first-order valence-electron chi connectivity index (χ1n) is 5.11. The van der Waals surface area contributed by atoms with Crippen molar-refractivity contribution in [3.8, 4) is 0 Å². The molecule has 0 spiro atoms. The van der Waals surface area contributed by atoms with E-state index in [4.69, 9.17) is 0 Å². The average Bonchev–Trinajstić information content (AvgIpc) is 2.15. The summed E-state index contributed by atoms with van der Waals surface area (Å²) >= 11 is 0. The molecule has 0 saturated heterocycles. The van der Waals surface area contributed by atoms with Crippen LogP contribution in [0.15, 0.2) is 35.2 Å². The van der Waals surface area contributed by atoms with E-state index in [2.05, 4.69) is 5.32 Å². The third-order valence-corrected chi connectivity index (χ3v) is 3.12. The van der Waals surface area contributed by atoms with Crippen molar-refractivity contribution >= 4 is 16.1 Å². The maximum absolute atomic E-state index is 11.8. The summed E-state index contributed by atoms with van der Waals surface area (Å²) in [5, 5.41) is 2.52. The quantitative estimate of drug-likeness (QED) is 0.841. The second kappa shape index (κ2) is 4.75. The molecular formula is C11H16N2O3S. The van der Waals surface area contributed by atoms with Gasteiger partial charge in [0.1, 0.15) is 0 Å². The molecule has 1 aromatic rings. The van der Waals surface area contributed by atoms with E-state index in [-0.39, 0.29) is 4.90 Å². The number of carbonyl (C=O) groups is 1. The van der Waals surface area contributed by atoms with Gasteiger partial charge in [0.2, 0.25) is 0 Å². The van der Waals surface area contributed by atoms with E-state index in [9.17, 15) is 13.2 Å². The maximum Gasteiger partial charge on any atom is 0.329 e. The molecule has 0 atom stereocenters. The molecule has 1 rings (SSSR count). The minimum Gasteiger partial charge on any atom is -0.333 e. The van der Waals surface area contributed by atoms with E-state index in [1.165, 1.54) is 12.1 Å². The third-order valence-electron chi connectivity index (χ3n) is 1.77. The van der Waals surface area contributed by atoms with Gasteiger partial charge in [-0.05, 0) is 32.9 Å². The number of hydrogen-bond acceptors (Lipinski definition) is 3. The molecule has 0 fully saturated rings. The normalized spacial score (nSPS) is 11.9. The van der Waals surface area contributed by atoms with Crippen molar-refractivity contribution in [1.82, 2.24) is 10.0 Å². The predicted molar refractivity (Wildman–Crippen MR) is 65.0 cm³/mol. The molecule has 0 aromatic heterocycles. The Morgan fingerprint density at radius 2 is 1.65 bits per heavy atom. The molecule has 1 aromatic carbocycles. The molecule has 0 radical (unpaired) electrons. The number of urea groups is 1. The first-order valence-corrected chi connectivity index (χ1v) is 6.59. The zero-order valence-corrected chi connectivity index (χ0v) is 10.8. The molecular weight excluding hydrogens is 240 g/mol. The van der Waals surface area contributed by atoms with Gasteiger partial charge in [0.25, 0.3) is 10.0 Å². The second-order valence-corrected chi connectivity index (χ2v) is 6.31. The zero-order chi connectivity index (χ0) is 13.1. The van der Waals surface area contributed by atoms with Gasteiger partial charge >= 0.3 is 6.03 Å². The Morgan fingerprint density at radius 3 is 2.12 bits per heavy atom. The van der Waals surface area contributed by atoms with Crippen molar-refractivity contribution in [1.29, 1.82) is 0 Å².